The molecule has 0 amide bonds. The van der Waals surface area contributed by atoms with Gasteiger partial charge in [-0.05, 0) is 31.9 Å². The fourth-order valence-electron chi connectivity index (χ4n) is 2.38. The number of carboxylic acid groups (broad SMARTS) is 1. The number of hydrogen-bond acceptors (Lipinski definition) is 2. The molecule has 0 aliphatic carbocycles. The number of imidazole rings is 1. The monoisotopic (exact) mass is 248 g/mol. The topological polar surface area (TPSA) is 64.2 Å². The van der Waals surface area contributed by atoms with Gasteiger partial charge in [0, 0.05) is 6.54 Å². The molecule has 1 N–H and O–H groups in total. The van der Waals surface area contributed by atoms with Crippen molar-refractivity contribution in [1.29, 1.82) is 0 Å². The van der Waals surface area contributed by atoms with Crippen LogP contribution in [0.2, 0.25) is 0 Å². The highest BCUT2D eigenvalue weighted by Gasteiger charge is 2.17. The van der Waals surface area contributed by atoms with Crippen LogP contribution in [-0.2, 0) is 17.9 Å². The molecule has 0 radical (unpaired) electrons. The molecule has 0 fully saturated rings. The molecule has 0 atom stereocenters. The number of carboxylic acids is 1. The normalized spacial score (nSPS) is 11.1. The smallest absolute Gasteiger partial charge is 0.329 e. The van der Waals surface area contributed by atoms with Gasteiger partial charge in [-0.25, -0.2) is 4.79 Å². The fourth-order valence-corrected chi connectivity index (χ4v) is 2.38. The second-order valence-corrected chi connectivity index (χ2v) is 4.40. The minimum atomic E-state index is -1.01. The van der Waals surface area contributed by atoms with E-state index in [0.29, 0.717) is 6.54 Å². The van der Waals surface area contributed by atoms with Gasteiger partial charge < -0.3 is 5.11 Å². The highest BCUT2D eigenvalue weighted by molar-refractivity contribution is 5.84. The Labute approximate surface area is 104 Å². The van der Waals surface area contributed by atoms with Gasteiger partial charge in [-0.3, -0.25) is 13.9 Å². The lowest BCUT2D eigenvalue weighted by molar-refractivity contribution is -0.137. The highest BCUT2D eigenvalue weighted by Crippen LogP contribution is 2.21. The molecule has 1 heterocycles. The van der Waals surface area contributed by atoms with Crippen molar-refractivity contribution in [2.75, 3.05) is 0 Å². The van der Waals surface area contributed by atoms with Crippen LogP contribution in [0.3, 0.4) is 0 Å². The van der Waals surface area contributed by atoms with Crippen LogP contribution in [0.25, 0.3) is 11.0 Å². The molecule has 0 aliphatic heterocycles. The third-order valence-corrected chi connectivity index (χ3v) is 3.17. The van der Waals surface area contributed by atoms with Crippen molar-refractivity contribution in [3.05, 3.63) is 33.7 Å². The van der Waals surface area contributed by atoms with Crippen LogP contribution in [0, 0.1) is 13.8 Å². The van der Waals surface area contributed by atoms with Crippen molar-refractivity contribution in [3.63, 3.8) is 0 Å². The van der Waals surface area contributed by atoms with E-state index in [1.54, 1.807) is 4.57 Å². The van der Waals surface area contributed by atoms with Crippen LogP contribution in [0.5, 0.6) is 0 Å². The quantitative estimate of drug-likeness (QED) is 0.895. The largest absolute Gasteiger partial charge is 0.480 e. The van der Waals surface area contributed by atoms with E-state index in [1.165, 1.54) is 4.57 Å². The van der Waals surface area contributed by atoms with Gasteiger partial charge in [0.25, 0.3) is 0 Å². The Bertz CT molecular complexity index is 680. The number of hydrogen-bond donors (Lipinski definition) is 1. The molecular weight excluding hydrogens is 232 g/mol. The third kappa shape index (κ3) is 1.72. The molecule has 1 aromatic carbocycles. The Kier molecular flexibility index (Phi) is 2.98. The van der Waals surface area contributed by atoms with Crippen molar-refractivity contribution in [2.24, 2.45) is 0 Å². The standard InChI is InChI=1S/C13H16N2O3/c1-4-14-11-8(2)5-6-9(3)12(11)15(13(14)18)7-10(16)17/h5-6H,4,7H2,1-3H3,(H,16,17). The first-order valence-electron chi connectivity index (χ1n) is 5.88. The van der Waals surface area contributed by atoms with E-state index in [9.17, 15) is 9.59 Å². The Balaban J connectivity index is 2.94. The summed E-state index contributed by atoms with van der Waals surface area (Å²) < 4.78 is 2.96. The summed E-state index contributed by atoms with van der Waals surface area (Å²) in [6.07, 6.45) is 0. The molecule has 1 aromatic heterocycles. The van der Waals surface area contributed by atoms with Crippen LogP contribution < -0.4 is 5.69 Å². The summed E-state index contributed by atoms with van der Waals surface area (Å²) in [4.78, 5) is 23.1. The number of aliphatic carboxylic acids is 1. The highest BCUT2D eigenvalue weighted by atomic mass is 16.4. The van der Waals surface area contributed by atoms with Gasteiger partial charge >= 0.3 is 11.7 Å². The maximum atomic E-state index is 12.2. The SMILES string of the molecule is CCn1c(=O)n(CC(=O)O)c2c(C)ccc(C)c21. The van der Waals surface area contributed by atoms with E-state index in [4.69, 9.17) is 5.11 Å². The number of benzene rings is 1. The number of aromatic nitrogens is 2. The van der Waals surface area contributed by atoms with E-state index in [1.807, 2.05) is 32.9 Å². The van der Waals surface area contributed by atoms with Gasteiger partial charge in [0.2, 0.25) is 0 Å². The molecule has 0 spiro atoms. The summed E-state index contributed by atoms with van der Waals surface area (Å²) in [5.74, 6) is -1.01. The van der Waals surface area contributed by atoms with Gasteiger partial charge in [-0.15, -0.1) is 0 Å². The Morgan fingerprint density at radius 1 is 1.17 bits per heavy atom. The van der Waals surface area contributed by atoms with Crippen molar-refractivity contribution < 1.29 is 9.90 Å². The average Bonchev–Trinajstić information content (AvgIpc) is 2.58. The number of rotatable bonds is 3. The van der Waals surface area contributed by atoms with E-state index in [0.717, 1.165) is 22.2 Å². The Morgan fingerprint density at radius 2 is 1.67 bits per heavy atom. The van der Waals surface area contributed by atoms with Crippen LogP contribution in [-0.4, -0.2) is 20.2 Å². The van der Waals surface area contributed by atoms with E-state index in [2.05, 4.69) is 0 Å². The first-order chi connectivity index (χ1) is 8.47. The van der Waals surface area contributed by atoms with Crippen LogP contribution >= 0.6 is 0 Å². The zero-order valence-corrected chi connectivity index (χ0v) is 10.7. The van der Waals surface area contributed by atoms with Crippen molar-refractivity contribution in [1.82, 2.24) is 9.13 Å². The lowest BCUT2D eigenvalue weighted by atomic mass is 10.1. The predicted molar refractivity (Wildman–Crippen MR) is 69.0 cm³/mol. The van der Waals surface area contributed by atoms with Crippen molar-refractivity contribution in [3.8, 4) is 0 Å². The molecule has 0 unspecified atom stereocenters. The zero-order chi connectivity index (χ0) is 13.4. The van der Waals surface area contributed by atoms with Crippen LogP contribution in [0.4, 0.5) is 0 Å². The summed E-state index contributed by atoms with van der Waals surface area (Å²) in [5.41, 5.74) is 3.21. The maximum Gasteiger partial charge on any atom is 0.329 e. The van der Waals surface area contributed by atoms with Crippen LogP contribution in [0.1, 0.15) is 18.1 Å². The number of nitrogens with zero attached hydrogens (tertiary/aromatic N) is 2. The molecule has 0 saturated heterocycles. The average molecular weight is 248 g/mol. The molecule has 0 aliphatic rings. The molecule has 0 saturated carbocycles. The van der Waals surface area contributed by atoms with Gasteiger partial charge in [0.15, 0.2) is 0 Å². The minimum absolute atomic E-state index is 0.257. The molecule has 96 valence electrons. The summed E-state index contributed by atoms with van der Waals surface area (Å²) in [6, 6.07) is 3.86. The van der Waals surface area contributed by atoms with Gasteiger partial charge in [0.05, 0.1) is 11.0 Å². The molecule has 2 aromatic rings. The molecular formula is C13H16N2O3. The molecule has 5 heteroatoms. The second kappa shape index (κ2) is 4.33. The summed E-state index contributed by atoms with van der Waals surface area (Å²) in [7, 11) is 0. The Hall–Kier alpha value is -2.04. The number of carbonyl (C=O) groups is 1. The molecule has 0 bridgehead atoms. The summed E-state index contributed by atoms with van der Waals surface area (Å²) in [6.45, 7) is 5.94. The predicted octanol–water partition coefficient (Wildman–Crippen LogP) is 1.52. The third-order valence-electron chi connectivity index (χ3n) is 3.17. The van der Waals surface area contributed by atoms with E-state index < -0.39 is 5.97 Å². The van der Waals surface area contributed by atoms with Crippen molar-refractivity contribution >= 4 is 17.0 Å². The summed E-state index contributed by atoms with van der Waals surface area (Å²) in [5, 5.41) is 8.92. The Morgan fingerprint density at radius 3 is 2.11 bits per heavy atom. The van der Waals surface area contributed by atoms with Gasteiger partial charge in [-0.2, -0.15) is 0 Å². The number of fused-ring (bicyclic) bond motifs is 1. The van der Waals surface area contributed by atoms with Crippen molar-refractivity contribution in [2.45, 2.75) is 33.9 Å². The maximum absolute atomic E-state index is 12.2. The molecule has 18 heavy (non-hydrogen) atoms. The lowest BCUT2D eigenvalue weighted by Crippen LogP contribution is -2.26. The fraction of sp³-hybridized carbons (Fsp3) is 0.385. The molecule has 5 nitrogen and oxygen atoms in total. The van der Waals surface area contributed by atoms with E-state index in [-0.39, 0.29) is 12.2 Å². The lowest BCUT2D eigenvalue weighted by Gasteiger charge is -2.04. The minimum Gasteiger partial charge on any atom is -0.480 e. The van der Waals surface area contributed by atoms with E-state index >= 15 is 0 Å². The first-order valence-corrected chi connectivity index (χ1v) is 5.88. The molecule has 2 rings (SSSR count). The number of aryl methyl sites for hydroxylation is 3. The zero-order valence-electron chi connectivity index (χ0n) is 10.7. The van der Waals surface area contributed by atoms with Crippen LogP contribution in [0.15, 0.2) is 16.9 Å². The first kappa shape index (κ1) is 12.4. The summed E-state index contributed by atoms with van der Waals surface area (Å²) >= 11 is 0. The van der Waals surface area contributed by atoms with Gasteiger partial charge in [-0.1, -0.05) is 12.1 Å². The van der Waals surface area contributed by atoms with Gasteiger partial charge in [0.1, 0.15) is 6.54 Å². The second-order valence-electron chi connectivity index (χ2n) is 4.40.